The largest absolute Gasteiger partial charge is 0.419 e. The van der Waals surface area contributed by atoms with E-state index in [1.807, 2.05) is 0 Å². The van der Waals surface area contributed by atoms with Gasteiger partial charge in [0.05, 0.1) is 11.3 Å². The first-order chi connectivity index (χ1) is 15.3. The summed E-state index contributed by atoms with van der Waals surface area (Å²) in [6.07, 6.45) is -6.05. The first-order valence-electron chi connectivity index (χ1n) is 9.81. The molecule has 1 aromatic carbocycles. The molecule has 4 atom stereocenters. The second-order valence-corrected chi connectivity index (χ2v) is 7.87. The van der Waals surface area contributed by atoms with Gasteiger partial charge >= 0.3 is 6.18 Å². The third-order valence-corrected chi connectivity index (χ3v) is 5.84. The van der Waals surface area contributed by atoms with Crippen molar-refractivity contribution >= 4 is 17.4 Å². The number of ether oxygens (including phenoxy) is 2. The van der Waals surface area contributed by atoms with Crippen molar-refractivity contribution in [3.63, 3.8) is 0 Å². The smallest absolute Gasteiger partial charge is 0.377 e. The number of halogens is 5. The highest BCUT2D eigenvalue weighted by atomic mass is 19.4. The monoisotopic (exact) mass is 472 g/mol. The lowest BCUT2D eigenvalue weighted by Gasteiger charge is -2.33. The molecule has 0 radical (unpaired) electrons. The summed E-state index contributed by atoms with van der Waals surface area (Å²) in [6.45, 7) is 3.15. The minimum atomic E-state index is -4.96. The quantitative estimate of drug-likeness (QED) is 0.518. The SMILES string of the molecule is CO[C@H]1[C@@H](c2ccc(F)c(F)c2C)[C@H](C(=O)Nc2ccncc2C(C)=O)O[C@@]1(C)C(F)(F)F. The zero-order valence-electron chi connectivity index (χ0n) is 18.1. The van der Waals surface area contributed by atoms with Crippen LogP contribution in [0.25, 0.3) is 0 Å². The number of alkyl halides is 3. The Morgan fingerprint density at radius 1 is 1.21 bits per heavy atom. The number of nitrogens with zero attached hydrogens (tertiary/aromatic N) is 1. The average molecular weight is 472 g/mol. The minimum Gasteiger partial charge on any atom is -0.377 e. The number of carbonyl (C=O) groups is 2. The molecule has 0 unspecified atom stereocenters. The number of nitrogens with one attached hydrogen (secondary N) is 1. The average Bonchev–Trinajstić information content (AvgIpc) is 3.06. The van der Waals surface area contributed by atoms with E-state index in [0.717, 1.165) is 26.2 Å². The maximum absolute atomic E-state index is 14.3. The number of rotatable bonds is 5. The summed E-state index contributed by atoms with van der Waals surface area (Å²) in [4.78, 5) is 28.8. The van der Waals surface area contributed by atoms with E-state index >= 15 is 0 Å². The zero-order chi connectivity index (χ0) is 24.7. The van der Waals surface area contributed by atoms with Gasteiger partial charge in [0.25, 0.3) is 5.91 Å². The van der Waals surface area contributed by atoms with Crippen molar-refractivity contribution in [2.24, 2.45) is 0 Å². The first-order valence-corrected chi connectivity index (χ1v) is 9.81. The molecule has 33 heavy (non-hydrogen) atoms. The van der Waals surface area contributed by atoms with Gasteiger partial charge < -0.3 is 14.8 Å². The Morgan fingerprint density at radius 2 is 1.88 bits per heavy atom. The lowest BCUT2D eigenvalue weighted by atomic mass is 9.81. The van der Waals surface area contributed by atoms with Gasteiger partial charge in [-0.25, -0.2) is 8.78 Å². The molecule has 0 spiro atoms. The summed E-state index contributed by atoms with van der Waals surface area (Å²) >= 11 is 0. The van der Waals surface area contributed by atoms with E-state index in [0.29, 0.717) is 0 Å². The Balaban J connectivity index is 2.12. The Bertz CT molecular complexity index is 1090. The van der Waals surface area contributed by atoms with Gasteiger partial charge in [0.15, 0.2) is 23.0 Å². The van der Waals surface area contributed by atoms with Crippen LogP contribution in [-0.2, 0) is 14.3 Å². The molecule has 2 aromatic rings. The molecule has 1 N–H and O–H groups in total. The summed E-state index contributed by atoms with van der Waals surface area (Å²) in [7, 11) is 1.01. The van der Waals surface area contributed by atoms with E-state index in [1.165, 1.54) is 32.3 Å². The van der Waals surface area contributed by atoms with Gasteiger partial charge in [-0.15, -0.1) is 0 Å². The van der Waals surface area contributed by atoms with Crippen LogP contribution >= 0.6 is 0 Å². The molecule has 178 valence electrons. The van der Waals surface area contributed by atoms with Gasteiger partial charge in [0.2, 0.25) is 0 Å². The number of benzene rings is 1. The van der Waals surface area contributed by atoms with Crippen molar-refractivity contribution < 1.29 is 41.0 Å². The molecule has 1 aliphatic heterocycles. The number of carbonyl (C=O) groups excluding carboxylic acids is 2. The van der Waals surface area contributed by atoms with Crippen LogP contribution in [0.3, 0.4) is 0 Å². The summed E-state index contributed by atoms with van der Waals surface area (Å²) in [5.74, 6) is -5.34. The predicted octanol–water partition coefficient (Wildman–Crippen LogP) is 4.33. The molecule has 1 aromatic heterocycles. The number of methoxy groups -OCH3 is 1. The molecule has 1 aliphatic rings. The number of Topliss-reactive ketones (excluding diaryl/α,β-unsaturated/α-hetero) is 1. The molecule has 2 heterocycles. The number of ketones is 1. The molecule has 6 nitrogen and oxygen atoms in total. The third kappa shape index (κ3) is 4.22. The molecular formula is C22H21F5N2O4. The molecule has 1 fully saturated rings. The van der Waals surface area contributed by atoms with Crippen LogP contribution in [0.4, 0.5) is 27.6 Å². The third-order valence-electron chi connectivity index (χ3n) is 5.84. The number of anilines is 1. The van der Waals surface area contributed by atoms with Crippen molar-refractivity contribution in [3.05, 3.63) is 58.9 Å². The highest BCUT2D eigenvalue weighted by molar-refractivity contribution is 6.04. The zero-order valence-corrected chi connectivity index (χ0v) is 18.1. The number of aromatic nitrogens is 1. The maximum Gasteiger partial charge on any atom is 0.419 e. The highest BCUT2D eigenvalue weighted by Gasteiger charge is 2.68. The van der Waals surface area contributed by atoms with Crippen molar-refractivity contribution in [2.75, 3.05) is 12.4 Å². The van der Waals surface area contributed by atoms with Crippen LogP contribution in [0, 0.1) is 18.6 Å². The molecule has 1 saturated heterocycles. The Hall–Kier alpha value is -2.92. The van der Waals surface area contributed by atoms with Crippen molar-refractivity contribution in [1.29, 1.82) is 0 Å². The van der Waals surface area contributed by atoms with E-state index in [4.69, 9.17) is 9.47 Å². The minimum absolute atomic E-state index is 0.0152. The molecule has 0 saturated carbocycles. The Morgan fingerprint density at radius 3 is 2.45 bits per heavy atom. The predicted molar refractivity (Wildman–Crippen MR) is 107 cm³/mol. The van der Waals surface area contributed by atoms with Crippen LogP contribution in [0.1, 0.15) is 41.3 Å². The van der Waals surface area contributed by atoms with Crippen LogP contribution in [0.15, 0.2) is 30.6 Å². The Kier molecular flexibility index (Phi) is 6.58. The van der Waals surface area contributed by atoms with E-state index in [-0.39, 0.29) is 22.4 Å². The molecule has 0 bridgehead atoms. The topological polar surface area (TPSA) is 77.5 Å². The molecule has 3 rings (SSSR count). The molecule has 1 amide bonds. The molecular weight excluding hydrogens is 451 g/mol. The summed E-state index contributed by atoms with van der Waals surface area (Å²) in [6, 6.07) is 3.17. The van der Waals surface area contributed by atoms with Gasteiger partial charge in [-0.1, -0.05) is 6.07 Å². The highest BCUT2D eigenvalue weighted by Crippen LogP contribution is 2.51. The van der Waals surface area contributed by atoms with Gasteiger partial charge in [0, 0.05) is 25.4 Å². The summed E-state index contributed by atoms with van der Waals surface area (Å²) < 4.78 is 80.5. The van der Waals surface area contributed by atoms with Crippen LogP contribution < -0.4 is 5.32 Å². The fraction of sp³-hybridized carbons (Fsp3) is 0.409. The maximum atomic E-state index is 14.3. The number of hydrogen-bond acceptors (Lipinski definition) is 5. The van der Waals surface area contributed by atoms with Crippen LogP contribution in [-0.4, -0.2) is 47.8 Å². The first kappa shape index (κ1) is 24.7. The lowest BCUT2D eigenvalue weighted by Crippen LogP contribution is -2.51. The van der Waals surface area contributed by atoms with E-state index in [9.17, 15) is 31.5 Å². The lowest BCUT2D eigenvalue weighted by molar-refractivity contribution is -0.283. The van der Waals surface area contributed by atoms with Gasteiger partial charge in [0.1, 0.15) is 12.2 Å². The van der Waals surface area contributed by atoms with Crippen LogP contribution in [0.5, 0.6) is 0 Å². The van der Waals surface area contributed by atoms with Crippen molar-refractivity contribution in [1.82, 2.24) is 4.98 Å². The van der Waals surface area contributed by atoms with E-state index in [1.54, 1.807) is 0 Å². The van der Waals surface area contributed by atoms with Crippen molar-refractivity contribution in [2.45, 2.75) is 50.7 Å². The second-order valence-electron chi connectivity index (χ2n) is 7.87. The van der Waals surface area contributed by atoms with E-state index in [2.05, 4.69) is 10.3 Å². The second kappa shape index (κ2) is 8.79. The summed E-state index contributed by atoms with van der Waals surface area (Å²) in [5.41, 5.74) is -3.24. The van der Waals surface area contributed by atoms with Gasteiger partial charge in [-0.05, 0) is 44.0 Å². The van der Waals surface area contributed by atoms with Gasteiger partial charge in [-0.2, -0.15) is 13.2 Å². The van der Waals surface area contributed by atoms with E-state index < -0.39 is 53.2 Å². The fourth-order valence-corrected chi connectivity index (χ4v) is 4.06. The van der Waals surface area contributed by atoms with Crippen LogP contribution in [0.2, 0.25) is 0 Å². The normalized spacial score (nSPS) is 25.2. The fourth-order valence-electron chi connectivity index (χ4n) is 4.06. The standard InChI is InChI=1S/C22H21F5N2O4/c1-10-12(5-6-14(23)17(10)24)16-18(33-21(3,19(16)32-4)22(25,26)27)20(31)29-15-7-8-28-9-13(15)11(2)30/h5-9,16,18-19H,1-4H3,(H,28,29,31)/t16-,18+,19-,21+/m0/s1. The number of pyridine rings is 1. The number of hydrogen-bond donors (Lipinski definition) is 1. The summed E-state index contributed by atoms with van der Waals surface area (Å²) in [5, 5.41) is 2.40. The molecule has 11 heteroatoms. The van der Waals surface area contributed by atoms with Crippen molar-refractivity contribution in [3.8, 4) is 0 Å². The number of amides is 1. The van der Waals surface area contributed by atoms with Gasteiger partial charge in [-0.3, -0.25) is 14.6 Å². The Labute approximate surface area is 186 Å². The molecule has 0 aliphatic carbocycles.